The van der Waals surface area contributed by atoms with Crippen LogP contribution in [0.5, 0.6) is 0 Å². The Morgan fingerprint density at radius 3 is 2.56 bits per heavy atom. The van der Waals surface area contributed by atoms with Crippen LogP contribution in [0, 0.1) is 11.7 Å². The fraction of sp³-hybridized carbons (Fsp3) is 0.400. The van der Waals surface area contributed by atoms with Gasteiger partial charge in [-0.15, -0.1) is 5.10 Å². The SMILES string of the molecule is CC1NNC2CCN(C(=O)/C=C/c3c(-n4cnnn4)ccc(Cl)c3F)C(C(=O)Cc3ccc(C(=O)OC(C)(C)C)cc3)C12. The number of hydrogen-bond acceptors (Lipinski definition) is 9. The van der Waals surface area contributed by atoms with E-state index in [2.05, 4.69) is 26.4 Å². The average molecular weight is 610 g/mol. The molecule has 0 aliphatic carbocycles. The standard InChI is InChI=1S/C30H33ClFN7O4/c1-17-26-22(35-34-17)13-14-38(25(41)12-9-20-23(39-16-33-36-37-39)11-10-21(31)27(20)32)28(26)24(40)15-18-5-7-19(8-6-18)29(42)43-30(2,3)4/h5-12,16-17,22,26,28,34-35H,13-15H2,1-4H3/b12-9+. The molecule has 226 valence electrons. The fourth-order valence-corrected chi connectivity index (χ4v) is 5.80. The molecule has 2 fully saturated rings. The largest absolute Gasteiger partial charge is 0.456 e. The number of amides is 1. The van der Waals surface area contributed by atoms with Crippen molar-refractivity contribution in [2.45, 2.75) is 64.3 Å². The number of ketones is 1. The highest BCUT2D eigenvalue weighted by atomic mass is 35.5. The number of esters is 1. The molecule has 0 saturated carbocycles. The number of aromatic nitrogens is 4. The van der Waals surface area contributed by atoms with E-state index >= 15 is 4.39 Å². The number of carbonyl (C=O) groups excluding carboxylic acids is 3. The minimum absolute atomic E-state index is 0.00307. The summed E-state index contributed by atoms with van der Waals surface area (Å²) in [6, 6.07) is 8.84. The number of rotatable bonds is 7. The summed E-state index contributed by atoms with van der Waals surface area (Å²) in [4.78, 5) is 41.5. The van der Waals surface area contributed by atoms with Gasteiger partial charge in [0.25, 0.3) is 0 Å². The number of carbonyl (C=O) groups is 3. The lowest BCUT2D eigenvalue weighted by Gasteiger charge is -2.42. The quantitative estimate of drug-likeness (QED) is 0.306. The number of piperidine rings is 1. The van der Waals surface area contributed by atoms with Gasteiger partial charge in [-0.3, -0.25) is 20.4 Å². The van der Waals surface area contributed by atoms with Gasteiger partial charge >= 0.3 is 5.97 Å². The summed E-state index contributed by atoms with van der Waals surface area (Å²) in [5, 5.41) is 10.9. The zero-order valence-electron chi connectivity index (χ0n) is 24.3. The summed E-state index contributed by atoms with van der Waals surface area (Å²) < 4.78 is 21.8. The van der Waals surface area contributed by atoms with E-state index in [4.69, 9.17) is 16.3 Å². The molecule has 2 aromatic carbocycles. The van der Waals surface area contributed by atoms with Crippen LogP contribution < -0.4 is 10.9 Å². The molecule has 3 aromatic rings. The lowest BCUT2D eigenvalue weighted by molar-refractivity contribution is -0.140. The van der Waals surface area contributed by atoms with Gasteiger partial charge in [0.2, 0.25) is 5.91 Å². The normalized spacial score (nSPS) is 22.0. The van der Waals surface area contributed by atoms with Crippen molar-refractivity contribution in [3.05, 3.63) is 76.3 Å². The molecule has 1 aromatic heterocycles. The predicted octanol–water partition coefficient (Wildman–Crippen LogP) is 3.32. The van der Waals surface area contributed by atoms with Gasteiger partial charge < -0.3 is 9.64 Å². The molecule has 0 spiro atoms. The van der Waals surface area contributed by atoms with E-state index < -0.39 is 29.3 Å². The number of Topliss-reactive ketones (excluding diaryl/α,β-unsaturated/α-hetero) is 1. The third-order valence-corrected chi connectivity index (χ3v) is 7.89. The third kappa shape index (κ3) is 6.66. The number of hydrogen-bond donors (Lipinski definition) is 2. The molecule has 13 heteroatoms. The van der Waals surface area contributed by atoms with E-state index in [-0.39, 0.29) is 40.8 Å². The number of benzene rings is 2. The summed E-state index contributed by atoms with van der Waals surface area (Å²) in [6.45, 7) is 7.69. The Morgan fingerprint density at radius 2 is 1.88 bits per heavy atom. The molecule has 4 unspecified atom stereocenters. The Bertz CT molecular complexity index is 1540. The topological polar surface area (TPSA) is 131 Å². The van der Waals surface area contributed by atoms with E-state index in [0.29, 0.717) is 29.8 Å². The predicted molar refractivity (Wildman–Crippen MR) is 157 cm³/mol. The minimum atomic E-state index is -0.734. The van der Waals surface area contributed by atoms with Gasteiger partial charge in [-0.25, -0.2) is 9.18 Å². The summed E-state index contributed by atoms with van der Waals surface area (Å²) in [5.41, 5.74) is 7.27. The maximum atomic E-state index is 15.1. The molecule has 0 radical (unpaired) electrons. The maximum absolute atomic E-state index is 15.1. The summed E-state index contributed by atoms with van der Waals surface area (Å²) in [7, 11) is 0. The first kappa shape index (κ1) is 30.5. The van der Waals surface area contributed by atoms with Crippen molar-refractivity contribution in [1.82, 2.24) is 36.0 Å². The van der Waals surface area contributed by atoms with Crippen molar-refractivity contribution in [3.63, 3.8) is 0 Å². The van der Waals surface area contributed by atoms with E-state index in [1.165, 1.54) is 29.2 Å². The van der Waals surface area contributed by atoms with Gasteiger partial charge in [0.05, 0.1) is 22.3 Å². The van der Waals surface area contributed by atoms with Crippen molar-refractivity contribution in [2.75, 3.05) is 6.54 Å². The van der Waals surface area contributed by atoms with Gasteiger partial charge in [0.15, 0.2) is 11.6 Å². The fourth-order valence-electron chi connectivity index (χ4n) is 5.64. The molecular weight excluding hydrogens is 577 g/mol. The van der Waals surface area contributed by atoms with Gasteiger partial charge in [-0.05, 0) is 80.4 Å². The Balaban J connectivity index is 1.39. The molecular formula is C30H33ClFN7O4. The van der Waals surface area contributed by atoms with Crippen LogP contribution in [0.2, 0.25) is 5.02 Å². The number of tetrazole rings is 1. The molecule has 5 rings (SSSR count). The number of ether oxygens (including phenoxy) is 1. The first-order valence-electron chi connectivity index (χ1n) is 14.0. The molecule has 2 saturated heterocycles. The third-order valence-electron chi connectivity index (χ3n) is 7.60. The summed E-state index contributed by atoms with van der Waals surface area (Å²) >= 11 is 6.04. The molecule has 2 aliphatic heterocycles. The number of halogens is 2. The van der Waals surface area contributed by atoms with Crippen LogP contribution in [-0.2, 0) is 20.7 Å². The number of likely N-dealkylation sites (tertiary alicyclic amines) is 1. The molecule has 0 bridgehead atoms. The van der Waals surface area contributed by atoms with Crippen LogP contribution in [0.4, 0.5) is 4.39 Å². The van der Waals surface area contributed by atoms with Gasteiger partial charge in [-0.1, -0.05) is 23.7 Å². The average Bonchev–Trinajstić information content (AvgIpc) is 3.63. The van der Waals surface area contributed by atoms with Crippen LogP contribution in [0.3, 0.4) is 0 Å². The van der Waals surface area contributed by atoms with E-state index in [1.807, 2.05) is 6.92 Å². The van der Waals surface area contributed by atoms with E-state index in [0.717, 1.165) is 0 Å². The lowest BCUT2D eigenvalue weighted by Crippen LogP contribution is -2.58. The smallest absolute Gasteiger partial charge is 0.338 e. The van der Waals surface area contributed by atoms with Crippen molar-refractivity contribution in [2.24, 2.45) is 5.92 Å². The maximum Gasteiger partial charge on any atom is 0.338 e. The van der Waals surface area contributed by atoms with Crippen LogP contribution in [0.1, 0.15) is 55.6 Å². The Labute approximate surface area is 253 Å². The molecule has 2 aliphatic rings. The number of nitrogens with zero attached hydrogens (tertiary/aromatic N) is 5. The lowest BCUT2D eigenvalue weighted by atomic mass is 9.78. The number of nitrogens with one attached hydrogen (secondary N) is 2. The highest BCUT2D eigenvalue weighted by molar-refractivity contribution is 6.31. The molecule has 11 nitrogen and oxygen atoms in total. The minimum Gasteiger partial charge on any atom is -0.456 e. The Morgan fingerprint density at radius 1 is 1.14 bits per heavy atom. The van der Waals surface area contributed by atoms with Crippen LogP contribution in [0.15, 0.2) is 48.8 Å². The van der Waals surface area contributed by atoms with Crippen LogP contribution >= 0.6 is 11.6 Å². The summed E-state index contributed by atoms with van der Waals surface area (Å²) in [6.07, 6.45) is 4.59. The number of hydrazine groups is 1. The van der Waals surface area contributed by atoms with Crippen molar-refractivity contribution < 1.29 is 23.5 Å². The van der Waals surface area contributed by atoms with E-state index in [9.17, 15) is 14.4 Å². The second-order valence-electron chi connectivity index (χ2n) is 11.8. The Hall–Kier alpha value is -4.00. The first-order valence-corrected chi connectivity index (χ1v) is 14.4. The summed E-state index contributed by atoms with van der Waals surface area (Å²) in [5.74, 6) is -1.92. The monoisotopic (exact) mass is 609 g/mol. The molecule has 3 heterocycles. The van der Waals surface area contributed by atoms with Crippen molar-refractivity contribution >= 4 is 35.3 Å². The molecule has 43 heavy (non-hydrogen) atoms. The molecule has 4 atom stereocenters. The van der Waals surface area contributed by atoms with Crippen molar-refractivity contribution in [3.8, 4) is 5.69 Å². The second kappa shape index (κ2) is 12.3. The van der Waals surface area contributed by atoms with Gasteiger partial charge in [-0.2, -0.15) is 4.68 Å². The molecule has 1 amide bonds. The van der Waals surface area contributed by atoms with E-state index in [1.54, 1.807) is 56.0 Å². The molecule has 2 N–H and O–H groups in total. The zero-order chi connectivity index (χ0) is 30.9. The highest BCUT2D eigenvalue weighted by Gasteiger charge is 2.48. The van der Waals surface area contributed by atoms with Gasteiger partial charge in [0, 0.05) is 42.6 Å². The second-order valence-corrected chi connectivity index (χ2v) is 12.2. The van der Waals surface area contributed by atoms with Crippen molar-refractivity contribution in [1.29, 1.82) is 0 Å². The zero-order valence-corrected chi connectivity index (χ0v) is 25.0. The highest BCUT2D eigenvalue weighted by Crippen LogP contribution is 2.32. The number of fused-ring (bicyclic) bond motifs is 1. The first-order chi connectivity index (χ1) is 20.4. The van der Waals surface area contributed by atoms with Crippen LogP contribution in [0.25, 0.3) is 11.8 Å². The Kier molecular flexibility index (Phi) is 8.72. The van der Waals surface area contributed by atoms with Gasteiger partial charge in [0.1, 0.15) is 11.9 Å². The van der Waals surface area contributed by atoms with Crippen LogP contribution in [-0.4, -0.2) is 73.0 Å².